The van der Waals surface area contributed by atoms with Gasteiger partial charge in [0.05, 0.1) is 25.8 Å². The fourth-order valence-electron chi connectivity index (χ4n) is 3.35. The molecule has 1 aromatic heterocycles. The quantitative estimate of drug-likeness (QED) is 0.660. The Morgan fingerprint density at radius 2 is 1.97 bits per heavy atom. The molecule has 8 heteroatoms. The largest absolute Gasteiger partial charge is 0.490 e. The highest BCUT2D eigenvalue weighted by molar-refractivity contribution is 5.89. The van der Waals surface area contributed by atoms with E-state index in [-0.39, 0.29) is 17.8 Å². The molecular weight excluding hydrogens is 396 g/mol. The maximum atomic E-state index is 12.5. The Morgan fingerprint density at radius 3 is 2.81 bits per heavy atom. The van der Waals surface area contributed by atoms with E-state index in [0.717, 1.165) is 23.3 Å². The van der Waals surface area contributed by atoms with Crippen molar-refractivity contribution < 1.29 is 14.3 Å². The molecule has 2 N–H and O–H groups in total. The Labute approximate surface area is 179 Å². The number of hydrogen-bond donors (Lipinski definition) is 2. The summed E-state index contributed by atoms with van der Waals surface area (Å²) in [5.41, 5.74) is 2.12. The number of rotatable bonds is 5. The van der Waals surface area contributed by atoms with Crippen molar-refractivity contribution in [2.45, 2.75) is 25.9 Å². The summed E-state index contributed by atoms with van der Waals surface area (Å²) in [4.78, 5) is 28.1. The molecule has 1 aliphatic rings. The van der Waals surface area contributed by atoms with Crippen LogP contribution in [0.4, 0.5) is 10.5 Å². The number of nitrogens with zero attached hydrogens (tertiary/aromatic N) is 2. The van der Waals surface area contributed by atoms with E-state index in [9.17, 15) is 9.59 Å². The highest BCUT2D eigenvalue weighted by Crippen LogP contribution is 2.32. The van der Waals surface area contributed by atoms with Crippen molar-refractivity contribution in [2.24, 2.45) is 0 Å². The molecule has 0 aliphatic carbocycles. The van der Waals surface area contributed by atoms with E-state index in [1.807, 2.05) is 43.3 Å². The first kappa shape index (κ1) is 20.5. The first-order valence-corrected chi connectivity index (χ1v) is 10.2. The predicted octanol–water partition coefficient (Wildman–Crippen LogP) is 3.34. The normalized spacial score (nSPS) is 13.7. The van der Waals surface area contributed by atoms with Gasteiger partial charge in [0.25, 0.3) is 0 Å². The molecule has 1 atom stereocenters. The molecule has 2 heterocycles. The zero-order chi connectivity index (χ0) is 21.6. The first-order valence-electron chi connectivity index (χ1n) is 10.2. The summed E-state index contributed by atoms with van der Waals surface area (Å²) < 4.78 is 12.9. The number of amides is 2. The van der Waals surface area contributed by atoms with Gasteiger partial charge in [-0.25, -0.2) is 14.6 Å². The Balaban J connectivity index is 1.39. The minimum atomic E-state index is -0.324. The minimum absolute atomic E-state index is 0.227. The molecule has 0 saturated heterocycles. The smallest absolute Gasteiger partial charge is 0.347 e. The van der Waals surface area contributed by atoms with Crippen molar-refractivity contribution in [3.63, 3.8) is 0 Å². The van der Waals surface area contributed by atoms with Crippen LogP contribution in [0.25, 0.3) is 0 Å². The van der Waals surface area contributed by atoms with Gasteiger partial charge in [-0.05, 0) is 48.4 Å². The van der Waals surface area contributed by atoms with E-state index >= 15 is 0 Å². The zero-order valence-corrected chi connectivity index (χ0v) is 17.2. The zero-order valence-electron chi connectivity index (χ0n) is 17.2. The number of hydrogen-bond acceptors (Lipinski definition) is 5. The Hall–Kier alpha value is -3.81. The number of urea groups is 1. The molecule has 2 amide bonds. The fraction of sp³-hybridized carbons (Fsp3) is 0.261. The van der Waals surface area contributed by atoms with E-state index < -0.39 is 0 Å². The van der Waals surface area contributed by atoms with Crippen LogP contribution in [-0.2, 0) is 6.54 Å². The number of aromatic nitrogens is 2. The van der Waals surface area contributed by atoms with E-state index in [4.69, 9.17) is 9.47 Å². The van der Waals surface area contributed by atoms with Gasteiger partial charge in [0.1, 0.15) is 0 Å². The lowest BCUT2D eigenvalue weighted by Gasteiger charge is -2.17. The van der Waals surface area contributed by atoms with Gasteiger partial charge in [-0.2, -0.15) is 0 Å². The van der Waals surface area contributed by atoms with Gasteiger partial charge in [0, 0.05) is 24.5 Å². The molecule has 8 nitrogen and oxygen atoms in total. The number of carbonyl (C=O) groups excluding carboxylic acids is 1. The molecule has 31 heavy (non-hydrogen) atoms. The second-order valence-electron chi connectivity index (χ2n) is 7.31. The summed E-state index contributed by atoms with van der Waals surface area (Å²) in [5.74, 6) is 1.42. The topological polar surface area (TPSA) is 94.5 Å². The Kier molecular flexibility index (Phi) is 6.16. The fourth-order valence-corrected chi connectivity index (χ4v) is 3.35. The van der Waals surface area contributed by atoms with Gasteiger partial charge >= 0.3 is 11.7 Å². The third-order valence-electron chi connectivity index (χ3n) is 4.94. The second-order valence-corrected chi connectivity index (χ2v) is 7.31. The summed E-state index contributed by atoms with van der Waals surface area (Å²) in [5, 5.41) is 5.78. The lowest BCUT2D eigenvalue weighted by atomic mass is 10.1. The van der Waals surface area contributed by atoms with Crippen molar-refractivity contribution in [3.05, 3.63) is 82.5 Å². The standard InChI is InChI=1S/C23H24N4O4/c1-16(18-7-8-20-21(14-18)31-12-4-11-30-20)25-22(28)26-19-6-2-5-17(13-19)15-27-10-3-9-24-23(27)29/h2-3,5-10,13-14,16H,4,11-12,15H2,1H3,(H2,25,26,28)/t16-/m1/s1. The molecule has 0 saturated carbocycles. The lowest BCUT2D eigenvalue weighted by Crippen LogP contribution is -2.31. The highest BCUT2D eigenvalue weighted by atomic mass is 16.5. The molecule has 3 aromatic rings. The molecule has 0 bridgehead atoms. The molecule has 2 aromatic carbocycles. The number of carbonyl (C=O) groups is 1. The average molecular weight is 420 g/mol. The molecule has 160 valence electrons. The second kappa shape index (κ2) is 9.34. The summed E-state index contributed by atoms with van der Waals surface area (Å²) in [6.45, 7) is 3.53. The monoisotopic (exact) mass is 420 g/mol. The molecule has 0 fully saturated rings. The number of anilines is 1. The van der Waals surface area contributed by atoms with E-state index in [1.54, 1.807) is 18.3 Å². The summed E-state index contributed by atoms with van der Waals surface area (Å²) in [6, 6.07) is 14.2. The van der Waals surface area contributed by atoms with E-state index in [1.165, 1.54) is 10.8 Å². The highest BCUT2D eigenvalue weighted by Gasteiger charge is 2.15. The van der Waals surface area contributed by atoms with Crippen molar-refractivity contribution in [1.29, 1.82) is 0 Å². The average Bonchev–Trinajstić information content (AvgIpc) is 3.00. The van der Waals surface area contributed by atoms with Gasteiger partial charge < -0.3 is 20.1 Å². The number of nitrogens with one attached hydrogen (secondary N) is 2. The van der Waals surface area contributed by atoms with Crippen LogP contribution < -0.4 is 25.8 Å². The van der Waals surface area contributed by atoms with Gasteiger partial charge in [0.15, 0.2) is 11.5 Å². The molecule has 4 rings (SSSR count). The van der Waals surface area contributed by atoms with E-state index in [0.29, 0.717) is 31.2 Å². The van der Waals surface area contributed by atoms with Crippen LogP contribution >= 0.6 is 0 Å². The van der Waals surface area contributed by atoms with Crippen LogP contribution in [0.2, 0.25) is 0 Å². The van der Waals surface area contributed by atoms with Crippen molar-refractivity contribution in [1.82, 2.24) is 14.9 Å². The van der Waals surface area contributed by atoms with Crippen LogP contribution in [0.15, 0.2) is 65.7 Å². The number of fused-ring (bicyclic) bond motifs is 1. The Bertz CT molecular complexity index is 1130. The van der Waals surface area contributed by atoms with Crippen LogP contribution in [0.3, 0.4) is 0 Å². The maximum absolute atomic E-state index is 12.5. The summed E-state index contributed by atoms with van der Waals surface area (Å²) >= 11 is 0. The van der Waals surface area contributed by atoms with Gasteiger partial charge in [0.2, 0.25) is 0 Å². The molecule has 0 radical (unpaired) electrons. The lowest BCUT2D eigenvalue weighted by molar-refractivity contribution is 0.249. The summed E-state index contributed by atoms with van der Waals surface area (Å²) in [7, 11) is 0. The molecule has 0 unspecified atom stereocenters. The van der Waals surface area contributed by atoms with Gasteiger partial charge in [-0.15, -0.1) is 0 Å². The Morgan fingerprint density at radius 1 is 1.13 bits per heavy atom. The van der Waals surface area contributed by atoms with Crippen molar-refractivity contribution in [3.8, 4) is 11.5 Å². The maximum Gasteiger partial charge on any atom is 0.347 e. The molecule has 1 aliphatic heterocycles. The molecular formula is C23H24N4O4. The summed E-state index contributed by atoms with van der Waals surface area (Å²) in [6.07, 6.45) is 3.99. The first-order chi connectivity index (χ1) is 15.1. The van der Waals surface area contributed by atoms with Crippen LogP contribution in [-0.4, -0.2) is 28.8 Å². The van der Waals surface area contributed by atoms with Crippen LogP contribution in [0.1, 0.15) is 30.5 Å². The molecule has 0 spiro atoms. The number of benzene rings is 2. The number of ether oxygens (including phenoxy) is 2. The predicted molar refractivity (Wildman–Crippen MR) is 117 cm³/mol. The third kappa shape index (κ3) is 5.22. The van der Waals surface area contributed by atoms with Crippen molar-refractivity contribution in [2.75, 3.05) is 18.5 Å². The third-order valence-corrected chi connectivity index (χ3v) is 4.94. The SMILES string of the molecule is C[C@@H](NC(=O)Nc1cccc(Cn2cccnc2=O)c1)c1ccc2c(c1)OCCCO2. The van der Waals surface area contributed by atoms with Crippen LogP contribution in [0, 0.1) is 0 Å². The van der Waals surface area contributed by atoms with Gasteiger partial charge in [-0.3, -0.25) is 4.57 Å². The van der Waals surface area contributed by atoms with Crippen molar-refractivity contribution >= 4 is 11.7 Å². The minimum Gasteiger partial charge on any atom is -0.490 e. The van der Waals surface area contributed by atoms with Crippen LogP contribution in [0.5, 0.6) is 11.5 Å². The van der Waals surface area contributed by atoms with Gasteiger partial charge in [-0.1, -0.05) is 18.2 Å². The van der Waals surface area contributed by atoms with E-state index in [2.05, 4.69) is 15.6 Å².